The molecular formula is C14H14N2. The van der Waals surface area contributed by atoms with Crippen molar-refractivity contribution in [3.05, 3.63) is 40.9 Å². The van der Waals surface area contributed by atoms with E-state index in [-0.39, 0.29) is 5.66 Å². The molecule has 2 nitrogen and oxygen atoms in total. The van der Waals surface area contributed by atoms with Crippen molar-refractivity contribution in [1.82, 2.24) is 0 Å². The predicted octanol–water partition coefficient (Wildman–Crippen LogP) is 2.03. The van der Waals surface area contributed by atoms with Crippen molar-refractivity contribution in [3.8, 4) is 0 Å². The number of hydrogen-bond acceptors (Lipinski definition) is 2. The third kappa shape index (κ3) is 1.23. The molecule has 0 aliphatic carbocycles. The van der Waals surface area contributed by atoms with Crippen LogP contribution < -0.4 is 15.9 Å². The highest BCUT2D eigenvalue weighted by Crippen LogP contribution is 2.25. The first-order valence-electron chi connectivity index (χ1n) is 5.46. The van der Waals surface area contributed by atoms with Gasteiger partial charge in [-0.2, -0.15) is 0 Å². The van der Waals surface area contributed by atoms with Crippen LogP contribution in [0.4, 0.5) is 5.69 Å². The van der Waals surface area contributed by atoms with E-state index in [4.69, 9.17) is 4.99 Å². The lowest BCUT2D eigenvalue weighted by molar-refractivity contribution is 0.580. The molecule has 0 atom stereocenters. The molecule has 2 aromatic carbocycles. The van der Waals surface area contributed by atoms with Crippen molar-refractivity contribution in [3.63, 3.8) is 0 Å². The van der Waals surface area contributed by atoms with Gasteiger partial charge in [0, 0.05) is 11.1 Å². The summed E-state index contributed by atoms with van der Waals surface area (Å²) in [5.74, 6) is 0. The molecule has 16 heavy (non-hydrogen) atoms. The normalized spacial score (nSPS) is 16.6. The van der Waals surface area contributed by atoms with E-state index >= 15 is 0 Å². The van der Waals surface area contributed by atoms with E-state index in [0.717, 1.165) is 16.3 Å². The smallest absolute Gasteiger partial charge is 0.124 e. The van der Waals surface area contributed by atoms with Crippen molar-refractivity contribution >= 4 is 23.0 Å². The summed E-state index contributed by atoms with van der Waals surface area (Å²) in [7, 11) is 0. The molecule has 1 aliphatic heterocycles. The van der Waals surface area contributed by atoms with Crippen LogP contribution in [0.1, 0.15) is 13.8 Å². The molecule has 0 radical (unpaired) electrons. The van der Waals surface area contributed by atoms with Crippen LogP contribution >= 0.6 is 0 Å². The summed E-state index contributed by atoms with van der Waals surface area (Å²) in [5.41, 5.74) is 0.919. The number of benzene rings is 2. The molecule has 1 aliphatic rings. The van der Waals surface area contributed by atoms with Gasteiger partial charge in [0.05, 0.1) is 5.36 Å². The van der Waals surface area contributed by atoms with Crippen molar-refractivity contribution in [2.75, 3.05) is 5.32 Å². The Balaban J connectivity index is 2.59. The summed E-state index contributed by atoms with van der Waals surface area (Å²) >= 11 is 0. The minimum atomic E-state index is -0.232. The maximum absolute atomic E-state index is 4.70. The van der Waals surface area contributed by atoms with E-state index in [2.05, 4.69) is 50.0 Å². The molecule has 0 spiro atoms. The van der Waals surface area contributed by atoms with Crippen LogP contribution in [0.15, 0.2) is 35.3 Å². The third-order valence-electron chi connectivity index (χ3n) is 2.95. The highest BCUT2D eigenvalue weighted by molar-refractivity contribution is 5.94. The summed E-state index contributed by atoms with van der Waals surface area (Å²) in [6.45, 7) is 8.21. The van der Waals surface area contributed by atoms with Crippen LogP contribution in [0.3, 0.4) is 0 Å². The van der Waals surface area contributed by atoms with E-state index in [1.165, 1.54) is 10.8 Å². The second-order valence-electron chi connectivity index (χ2n) is 4.77. The summed E-state index contributed by atoms with van der Waals surface area (Å²) in [6.07, 6.45) is 0. The Bertz CT molecular complexity index is 684. The molecule has 0 aromatic heterocycles. The van der Waals surface area contributed by atoms with Crippen LogP contribution in [0.2, 0.25) is 0 Å². The van der Waals surface area contributed by atoms with E-state index in [0.29, 0.717) is 0 Å². The van der Waals surface area contributed by atoms with Gasteiger partial charge >= 0.3 is 0 Å². The van der Waals surface area contributed by atoms with Crippen LogP contribution in [0.25, 0.3) is 17.4 Å². The molecule has 1 N–H and O–H groups in total. The lowest BCUT2D eigenvalue weighted by atomic mass is 10.0. The van der Waals surface area contributed by atoms with Crippen LogP contribution in [-0.4, -0.2) is 5.66 Å². The molecule has 0 saturated carbocycles. The van der Waals surface area contributed by atoms with Crippen LogP contribution in [-0.2, 0) is 0 Å². The average Bonchev–Trinajstić information content (AvgIpc) is 2.21. The molecule has 0 saturated heterocycles. The van der Waals surface area contributed by atoms with E-state index in [1.54, 1.807) is 0 Å². The van der Waals surface area contributed by atoms with Gasteiger partial charge in [-0.25, -0.2) is 0 Å². The van der Waals surface area contributed by atoms with Crippen LogP contribution in [0.5, 0.6) is 0 Å². The van der Waals surface area contributed by atoms with Gasteiger partial charge in [-0.15, -0.1) is 0 Å². The second-order valence-corrected chi connectivity index (χ2v) is 4.77. The minimum absolute atomic E-state index is 0.232. The Labute approximate surface area is 94.3 Å². The molecular weight excluding hydrogens is 196 g/mol. The first-order chi connectivity index (χ1) is 7.57. The average molecular weight is 210 g/mol. The van der Waals surface area contributed by atoms with Crippen LogP contribution in [0, 0.1) is 0 Å². The lowest BCUT2D eigenvalue weighted by Crippen LogP contribution is -2.35. The third-order valence-corrected chi connectivity index (χ3v) is 2.95. The summed E-state index contributed by atoms with van der Waals surface area (Å²) < 4.78 is 0. The van der Waals surface area contributed by atoms with E-state index in [9.17, 15) is 0 Å². The quantitative estimate of drug-likeness (QED) is 0.707. The molecule has 0 unspecified atom stereocenters. The SMILES string of the molecule is C=c1ccc2c3c(cccc13)NC(C)(C)N=2. The molecule has 2 heteroatoms. The summed E-state index contributed by atoms with van der Waals surface area (Å²) in [5, 5.41) is 7.91. The fourth-order valence-corrected chi connectivity index (χ4v) is 2.30. The lowest BCUT2D eigenvalue weighted by Gasteiger charge is -2.27. The van der Waals surface area contributed by atoms with Gasteiger partial charge in [-0.1, -0.05) is 24.8 Å². The predicted molar refractivity (Wildman–Crippen MR) is 68.0 cm³/mol. The molecule has 1 heterocycles. The monoisotopic (exact) mass is 210 g/mol. The number of nitrogens with one attached hydrogen (secondary N) is 1. The molecule has 0 bridgehead atoms. The highest BCUT2D eigenvalue weighted by Gasteiger charge is 2.21. The van der Waals surface area contributed by atoms with Gasteiger partial charge in [-0.3, -0.25) is 4.99 Å². The molecule has 2 aromatic rings. The zero-order valence-corrected chi connectivity index (χ0v) is 9.54. The summed E-state index contributed by atoms with van der Waals surface area (Å²) in [4.78, 5) is 4.70. The van der Waals surface area contributed by atoms with Crippen molar-refractivity contribution < 1.29 is 0 Å². The first kappa shape index (κ1) is 9.40. The molecule has 0 amide bonds. The van der Waals surface area contributed by atoms with Gasteiger partial charge in [0.1, 0.15) is 5.66 Å². The first-order valence-corrected chi connectivity index (χ1v) is 5.46. The van der Waals surface area contributed by atoms with Crippen molar-refractivity contribution in [2.24, 2.45) is 4.99 Å². The van der Waals surface area contributed by atoms with Crippen molar-refractivity contribution in [1.29, 1.82) is 0 Å². The fraction of sp³-hybridized carbons (Fsp3) is 0.214. The second kappa shape index (κ2) is 2.85. The van der Waals surface area contributed by atoms with Gasteiger partial charge < -0.3 is 5.32 Å². The van der Waals surface area contributed by atoms with E-state index in [1.807, 2.05) is 6.07 Å². The Kier molecular flexibility index (Phi) is 1.67. The number of anilines is 1. The van der Waals surface area contributed by atoms with Gasteiger partial charge in [-0.05, 0) is 36.6 Å². The maximum atomic E-state index is 4.70. The Morgan fingerprint density at radius 2 is 2.00 bits per heavy atom. The maximum Gasteiger partial charge on any atom is 0.124 e. The number of hydrogen-bond donors (Lipinski definition) is 1. The molecule has 3 rings (SSSR count). The van der Waals surface area contributed by atoms with Gasteiger partial charge in [0.15, 0.2) is 0 Å². The number of rotatable bonds is 0. The van der Waals surface area contributed by atoms with Crippen molar-refractivity contribution in [2.45, 2.75) is 19.5 Å². The zero-order chi connectivity index (χ0) is 11.3. The van der Waals surface area contributed by atoms with E-state index < -0.39 is 0 Å². The molecule has 80 valence electrons. The fourth-order valence-electron chi connectivity index (χ4n) is 2.30. The Morgan fingerprint density at radius 3 is 2.81 bits per heavy atom. The standard InChI is InChI=1S/C14H14N2/c1-9-7-8-12-13-10(9)5-4-6-11(13)15-14(2,3)16-12/h4-8,15H,1H2,2-3H3. The Morgan fingerprint density at radius 1 is 1.19 bits per heavy atom. The highest BCUT2D eigenvalue weighted by atomic mass is 15.1. The minimum Gasteiger partial charge on any atom is -0.361 e. The zero-order valence-electron chi connectivity index (χ0n) is 9.54. The topological polar surface area (TPSA) is 24.4 Å². The largest absolute Gasteiger partial charge is 0.361 e. The summed E-state index contributed by atoms with van der Waals surface area (Å²) in [6, 6.07) is 10.3. The number of nitrogens with zero attached hydrogens (tertiary/aromatic N) is 1. The van der Waals surface area contributed by atoms with Gasteiger partial charge in [0.25, 0.3) is 0 Å². The van der Waals surface area contributed by atoms with Gasteiger partial charge in [0.2, 0.25) is 0 Å². The molecule has 0 fully saturated rings. The Hall–Kier alpha value is -1.83.